The number of carbonyl (C=O) groups excluding carboxylic acids is 2. The Balaban J connectivity index is 1.48. The number of morpholine rings is 1. The summed E-state index contributed by atoms with van der Waals surface area (Å²) in [5, 5.41) is 7.75. The number of carbonyl (C=O) groups is 2. The largest absolute Gasteiger partial charge is 0.438 e. The topological polar surface area (TPSA) is 107 Å². The van der Waals surface area contributed by atoms with E-state index in [-0.39, 0.29) is 23.9 Å². The molecule has 0 aromatic carbocycles. The summed E-state index contributed by atoms with van der Waals surface area (Å²) in [5.74, 6) is -4.02. The number of likely N-dealkylation sites (tertiary alicyclic amines) is 1. The Bertz CT molecular complexity index is 907. The van der Waals surface area contributed by atoms with Crippen molar-refractivity contribution in [3.05, 3.63) is 29.7 Å². The maximum absolute atomic E-state index is 14.1. The zero-order chi connectivity index (χ0) is 20.6. The van der Waals surface area contributed by atoms with Crippen LogP contribution in [0.1, 0.15) is 33.2 Å². The van der Waals surface area contributed by atoms with Gasteiger partial charge in [0, 0.05) is 19.5 Å². The maximum Gasteiger partial charge on any atom is 0.292 e. The molecule has 0 radical (unpaired) electrons. The van der Waals surface area contributed by atoms with E-state index >= 15 is 0 Å². The lowest BCUT2D eigenvalue weighted by Crippen LogP contribution is -2.40. The minimum absolute atomic E-state index is 0.0160. The van der Waals surface area contributed by atoms with Crippen LogP contribution < -0.4 is 0 Å². The molecule has 2 aliphatic rings. The number of hydrogen-bond donors (Lipinski definition) is 0. The van der Waals surface area contributed by atoms with Crippen molar-refractivity contribution in [2.24, 2.45) is 0 Å². The number of nitrogens with zero attached hydrogens (tertiary/aromatic N) is 6. The van der Waals surface area contributed by atoms with Crippen molar-refractivity contribution in [2.45, 2.75) is 31.9 Å². The van der Waals surface area contributed by atoms with Gasteiger partial charge in [0.1, 0.15) is 0 Å². The number of halogens is 2. The van der Waals surface area contributed by atoms with Gasteiger partial charge in [-0.3, -0.25) is 9.59 Å². The SMILES string of the molecule is Cc1ncoc1C(=O)N1CC(F)(F)C[C@H]1Cn1cc(C(=O)N2CCOCC2)nn1. The summed E-state index contributed by atoms with van der Waals surface area (Å²) in [6, 6.07) is -0.824. The third kappa shape index (κ3) is 3.97. The first-order valence-corrected chi connectivity index (χ1v) is 9.20. The van der Waals surface area contributed by atoms with E-state index in [1.807, 2.05) is 0 Å². The van der Waals surface area contributed by atoms with Crippen molar-refractivity contribution in [1.29, 1.82) is 0 Å². The highest BCUT2D eigenvalue weighted by molar-refractivity contribution is 5.93. The number of aryl methyl sites for hydroxylation is 1. The molecule has 2 aromatic heterocycles. The minimum atomic E-state index is -3.03. The molecule has 156 valence electrons. The van der Waals surface area contributed by atoms with Crippen LogP contribution >= 0.6 is 0 Å². The van der Waals surface area contributed by atoms with E-state index in [2.05, 4.69) is 15.3 Å². The monoisotopic (exact) mass is 410 g/mol. The first-order chi connectivity index (χ1) is 13.8. The van der Waals surface area contributed by atoms with Crippen LogP contribution in [0.4, 0.5) is 8.78 Å². The zero-order valence-corrected chi connectivity index (χ0v) is 15.8. The van der Waals surface area contributed by atoms with Gasteiger partial charge < -0.3 is 19.0 Å². The molecule has 0 N–H and O–H groups in total. The molecule has 2 aromatic rings. The summed E-state index contributed by atoms with van der Waals surface area (Å²) in [6.07, 6.45) is 2.00. The molecule has 1 atom stereocenters. The quantitative estimate of drug-likeness (QED) is 0.726. The highest BCUT2D eigenvalue weighted by Gasteiger charge is 2.48. The van der Waals surface area contributed by atoms with Gasteiger partial charge in [-0.25, -0.2) is 18.4 Å². The first kappa shape index (κ1) is 19.4. The van der Waals surface area contributed by atoms with Crippen LogP contribution in [0.25, 0.3) is 0 Å². The summed E-state index contributed by atoms with van der Waals surface area (Å²) in [4.78, 5) is 31.7. The van der Waals surface area contributed by atoms with Crippen LogP contribution in [0.5, 0.6) is 0 Å². The van der Waals surface area contributed by atoms with Crippen molar-refractivity contribution >= 4 is 11.8 Å². The molecule has 2 saturated heterocycles. The van der Waals surface area contributed by atoms with E-state index in [9.17, 15) is 18.4 Å². The predicted octanol–water partition coefficient (Wildman–Crippen LogP) is 0.597. The van der Waals surface area contributed by atoms with Gasteiger partial charge in [0.2, 0.25) is 5.76 Å². The lowest BCUT2D eigenvalue weighted by Gasteiger charge is -2.25. The summed E-state index contributed by atoms with van der Waals surface area (Å²) in [5.41, 5.74) is 0.462. The molecule has 10 nitrogen and oxygen atoms in total. The van der Waals surface area contributed by atoms with Crippen LogP contribution in [-0.4, -0.2) is 86.4 Å². The van der Waals surface area contributed by atoms with Gasteiger partial charge in [0.15, 0.2) is 12.1 Å². The molecule has 2 aliphatic heterocycles. The van der Waals surface area contributed by atoms with E-state index in [0.29, 0.717) is 32.0 Å². The second-order valence-electron chi connectivity index (χ2n) is 7.14. The minimum Gasteiger partial charge on any atom is -0.438 e. The molecule has 2 amide bonds. The lowest BCUT2D eigenvalue weighted by atomic mass is 10.2. The van der Waals surface area contributed by atoms with E-state index in [1.165, 1.54) is 10.9 Å². The van der Waals surface area contributed by atoms with Crippen molar-refractivity contribution < 1.29 is 27.5 Å². The maximum atomic E-state index is 14.1. The number of oxazole rings is 1. The molecule has 12 heteroatoms. The highest BCUT2D eigenvalue weighted by Crippen LogP contribution is 2.34. The van der Waals surface area contributed by atoms with Gasteiger partial charge >= 0.3 is 0 Å². The fourth-order valence-corrected chi connectivity index (χ4v) is 3.57. The zero-order valence-electron chi connectivity index (χ0n) is 15.8. The van der Waals surface area contributed by atoms with Gasteiger partial charge in [-0.1, -0.05) is 5.21 Å². The second kappa shape index (κ2) is 7.50. The molecule has 4 rings (SSSR count). The van der Waals surface area contributed by atoms with Crippen LogP contribution in [0.2, 0.25) is 0 Å². The molecular weight excluding hydrogens is 390 g/mol. The number of alkyl halides is 2. The first-order valence-electron chi connectivity index (χ1n) is 9.20. The molecule has 0 spiro atoms. The second-order valence-corrected chi connectivity index (χ2v) is 7.14. The normalized spacial score (nSPS) is 21.6. The molecule has 0 unspecified atom stereocenters. The molecule has 0 saturated carbocycles. The number of aromatic nitrogens is 4. The fourth-order valence-electron chi connectivity index (χ4n) is 3.57. The Morgan fingerprint density at radius 2 is 2.03 bits per heavy atom. The van der Waals surface area contributed by atoms with E-state index in [4.69, 9.17) is 9.15 Å². The standard InChI is InChI=1S/C17H20F2N6O4/c1-11-14(29-10-20-11)16(27)25-9-17(18,19)6-12(25)7-24-8-13(21-22-24)15(26)23-2-4-28-5-3-23/h8,10,12H,2-7,9H2,1H3/t12-/m0/s1. The molecule has 29 heavy (non-hydrogen) atoms. The van der Waals surface area contributed by atoms with Gasteiger partial charge in [0.25, 0.3) is 17.7 Å². The molecule has 4 heterocycles. The predicted molar refractivity (Wildman–Crippen MR) is 92.4 cm³/mol. The van der Waals surface area contributed by atoms with Crippen LogP contribution in [0.3, 0.4) is 0 Å². The Hall–Kier alpha value is -2.89. The van der Waals surface area contributed by atoms with E-state index in [0.717, 1.165) is 11.3 Å². The summed E-state index contributed by atoms with van der Waals surface area (Å²) < 4.78 is 39.7. The van der Waals surface area contributed by atoms with Gasteiger partial charge in [-0.05, 0) is 6.92 Å². The Morgan fingerprint density at radius 3 is 2.72 bits per heavy atom. The van der Waals surface area contributed by atoms with Gasteiger partial charge in [0.05, 0.1) is 44.2 Å². The van der Waals surface area contributed by atoms with Crippen LogP contribution in [0, 0.1) is 6.92 Å². The van der Waals surface area contributed by atoms with Crippen molar-refractivity contribution in [1.82, 2.24) is 29.8 Å². The van der Waals surface area contributed by atoms with Crippen LogP contribution in [0.15, 0.2) is 17.0 Å². The van der Waals surface area contributed by atoms with Crippen LogP contribution in [-0.2, 0) is 11.3 Å². The molecule has 0 bridgehead atoms. The van der Waals surface area contributed by atoms with E-state index in [1.54, 1.807) is 11.8 Å². The Kier molecular flexibility index (Phi) is 5.03. The highest BCUT2D eigenvalue weighted by atomic mass is 19.3. The Morgan fingerprint density at radius 1 is 1.28 bits per heavy atom. The number of amides is 2. The number of rotatable bonds is 4. The van der Waals surface area contributed by atoms with Gasteiger partial charge in [-0.15, -0.1) is 5.10 Å². The van der Waals surface area contributed by atoms with Crippen molar-refractivity contribution in [2.75, 3.05) is 32.8 Å². The average molecular weight is 410 g/mol. The number of ether oxygens (including phenoxy) is 1. The number of hydrogen-bond acceptors (Lipinski definition) is 7. The van der Waals surface area contributed by atoms with Crippen molar-refractivity contribution in [3.63, 3.8) is 0 Å². The fraction of sp³-hybridized carbons (Fsp3) is 0.588. The average Bonchev–Trinajstić information content (AvgIpc) is 3.40. The molecule has 2 fully saturated rings. The lowest BCUT2D eigenvalue weighted by molar-refractivity contribution is 0.0113. The van der Waals surface area contributed by atoms with E-state index < -0.39 is 30.8 Å². The Labute approximate surface area is 164 Å². The smallest absolute Gasteiger partial charge is 0.292 e. The van der Waals surface area contributed by atoms with Gasteiger partial charge in [-0.2, -0.15) is 0 Å². The molecule has 0 aliphatic carbocycles. The third-order valence-corrected chi connectivity index (χ3v) is 5.03. The van der Waals surface area contributed by atoms with Crippen molar-refractivity contribution in [3.8, 4) is 0 Å². The summed E-state index contributed by atoms with van der Waals surface area (Å²) >= 11 is 0. The summed E-state index contributed by atoms with van der Waals surface area (Å²) in [7, 11) is 0. The third-order valence-electron chi connectivity index (χ3n) is 5.03. The summed E-state index contributed by atoms with van der Waals surface area (Å²) in [6.45, 7) is 2.66. The molecular formula is C17H20F2N6O4.